The van der Waals surface area contributed by atoms with E-state index < -0.39 is 33.7 Å². The molecule has 2 heterocycles. The van der Waals surface area contributed by atoms with Crippen LogP contribution in [0.2, 0.25) is 0 Å². The predicted molar refractivity (Wildman–Crippen MR) is 66.7 cm³/mol. The summed E-state index contributed by atoms with van der Waals surface area (Å²) >= 11 is 0. The van der Waals surface area contributed by atoms with Crippen molar-refractivity contribution >= 4 is 21.6 Å². The molecule has 0 radical (unpaired) electrons. The first-order chi connectivity index (χ1) is 9.16. The van der Waals surface area contributed by atoms with Crippen LogP contribution in [-0.2, 0) is 16.0 Å². The molecule has 1 aliphatic rings. The molecule has 1 aromatic rings. The van der Waals surface area contributed by atoms with Crippen molar-refractivity contribution in [3.63, 3.8) is 0 Å². The Bertz CT molecular complexity index is 603. The van der Waals surface area contributed by atoms with Gasteiger partial charge in [0.05, 0.1) is 11.5 Å². The maximum atomic E-state index is 12.6. The fourth-order valence-corrected chi connectivity index (χ4v) is 3.67. The van der Waals surface area contributed by atoms with Crippen molar-refractivity contribution in [3.8, 4) is 0 Å². The van der Waals surface area contributed by atoms with Gasteiger partial charge in [-0.3, -0.25) is 0 Å². The highest BCUT2D eigenvalue weighted by Gasteiger charge is 2.34. The summed E-state index contributed by atoms with van der Waals surface area (Å²) in [5.41, 5.74) is 4.07. The maximum Gasteiger partial charge on any atom is 0.433 e. The quantitative estimate of drug-likeness (QED) is 0.848. The van der Waals surface area contributed by atoms with Crippen molar-refractivity contribution in [1.82, 2.24) is 9.97 Å². The summed E-state index contributed by atoms with van der Waals surface area (Å²) in [5.74, 6) is -0.656. The lowest BCUT2D eigenvalue weighted by molar-refractivity contribution is -0.141. The second kappa shape index (κ2) is 5.08. The zero-order valence-corrected chi connectivity index (χ0v) is 11.1. The van der Waals surface area contributed by atoms with Crippen LogP contribution in [0.15, 0.2) is 6.07 Å². The van der Waals surface area contributed by atoms with E-state index in [4.69, 9.17) is 5.73 Å². The standard InChI is InChI=1S/C10H13F3N4O2S/c11-10(12,13)7-4-8(17-9(14)16-7)15-6-2-1-3-20(18,19)5-6/h4,6H,1-3,5H2,(H3,14,15,16,17). The first-order valence-corrected chi connectivity index (χ1v) is 7.66. The lowest BCUT2D eigenvalue weighted by atomic mass is 10.2. The third-order valence-electron chi connectivity index (χ3n) is 2.85. The predicted octanol–water partition coefficient (Wildman–Crippen LogP) is 1.07. The van der Waals surface area contributed by atoms with Crippen LogP contribution in [0.25, 0.3) is 0 Å². The van der Waals surface area contributed by atoms with Crippen LogP contribution >= 0.6 is 0 Å². The smallest absolute Gasteiger partial charge is 0.368 e. The van der Waals surface area contributed by atoms with Crippen molar-refractivity contribution in [2.75, 3.05) is 22.6 Å². The molecular formula is C10H13F3N4O2S. The van der Waals surface area contributed by atoms with Gasteiger partial charge in [0.15, 0.2) is 15.5 Å². The van der Waals surface area contributed by atoms with Gasteiger partial charge in [0, 0.05) is 12.1 Å². The van der Waals surface area contributed by atoms with Crippen LogP contribution in [0.3, 0.4) is 0 Å². The average Bonchev–Trinajstić information content (AvgIpc) is 2.25. The second-order valence-corrected chi connectivity index (χ2v) is 6.82. The number of hydrogen-bond donors (Lipinski definition) is 2. The average molecular weight is 310 g/mol. The van der Waals surface area contributed by atoms with Gasteiger partial charge in [-0.1, -0.05) is 0 Å². The molecule has 6 nitrogen and oxygen atoms in total. The van der Waals surface area contributed by atoms with E-state index in [1.165, 1.54) is 0 Å². The van der Waals surface area contributed by atoms with Gasteiger partial charge >= 0.3 is 6.18 Å². The molecule has 0 spiro atoms. The molecule has 0 amide bonds. The van der Waals surface area contributed by atoms with E-state index in [0.717, 1.165) is 6.07 Å². The monoisotopic (exact) mass is 310 g/mol. The Labute approximate surface area is 113 Å². The molecular weight excluding hydrogens is 297 g/mol. The number of hydrogen-bond acceptors (Lipinski definition) is 6. The molecule has 1 atom stereocenters. The number of rotatable bonds is 2. The zero-order chi connectivity index (χ0) is 15.0. The number of anilines is 2. The molecule has 1 aliphatic heterocycles. The minimum Gasteiger partial charge on any atom is -0.368 e. The molecule has 20 heavy (non-hydrogen) atoms. The second-order valence-electron chi connectivity index (χ2n) is 4.59. The summed E-state index contributed by atoms with van der Waals surface area (Å²) in [5, 5.41) is 2.68. The lowest BCUT2D eigenvalue weighted by Gasteiger charge is -2.23. The number of alkyl halides is 3. The summed E-state index contributed by atoms with van der Waals surface area (Å²) in [6.45, 7) is 0. The summed E-state index contributed by atoms with van der Waals surface area (Å²) in [6, 6.07) is 0.251. The van der Waals surface area contributed by atoms with Gasteiger partial charge in [-0.05, 0) is 12.8 Å². The topological polar surface area (TPSA) is 98.0 Å². The Morgan fingerprint density at radius 3 is 2.65 bits per heavy atom. The Balaban J connectivity index is 2.19. The zero-order valence-electron chi connectivity index (χ0n) is 10.3. The SMILES string of the molecule is Nc1nc(NC2CCCS(=O)(=O)C2)cc(C(F)(F)F)n1. The van der Waals surface area contributed by atoms with Crippen molar-refractivity contribution in [2.24, 2.45) is 0 Å². The molecule has 1 saturated heterocycles. The van der Waals surface area contributed by atoms with Crippen LogP contribution in [0.1, 0.15) is 18.5 Å². The van der Waals surface area contributed by atoms with E-state index in [9.17, 15) is 21.6 Å². The number of nitrogen functional groups attached to an aromatic ring is 1. The summed E-state index contributed by atoms with van der Waals surface area (Å²) in [4.78, 5) is 6.76. The third kappa shape index (κ3) is 3.71. The fourth-order valence-electron chi connectivity index (χ4n) is 2.03. The van der Waals surface area contributed by atoms with E-state index in [1.807, 2.05) is 0 Å². The molecule has 0 bridgehead atoms. The number of sulfone groups is 1. The van der Waals surface area contributed by atoms with Gasteiger partial charge in [0.2, 0.25) is 5.95 Å². The molecule has 1 aromatic heterocycles. The van der Waals surface area contributed by atoms with Gasteiger partial charge < -0.3 is 11.1 Å². The summed E-state index contributed by atoms with van der Waals surface area (Å²) in [6.07, 6.45) is -3.62. The largest absolute Gasteiger partial charge is 0.433 e. The van der Waals surface area contributed by atoms with Gasteiger partial charge in [-0.2, -0.15) is 18.2 Å². The first kappa shape index (κ1) is 14.8. The molecule has 0 aromatic carbocycles. The van der Waals surface area contributed by atoms with Crippen LogP contribution in [-0.4, -0.2) is 35.9 Å². The number of nitrogens with two attached hydrogens (primary N) is 1. The Morgan fingerprint density at radius 1 is 1.35 bits per heavy atom. The molecule has 10 heteroatoms. The van der Waals surface area contributed by atoms with Crippen molar-refractivity contribution in [3.05, 3.63) is 11.8 Å². The van der Waals surface area contributed by atoms with Gasteiger partial charge in [0.1, 0.15) is 5.82 Å². The fraction of sp³-hybridized carbons (Fsp3) is 0.600. The van der Waals surface area contributed by atoms with E-state index in [2.05, 4.69) is 15.3 Å². The van der Waals surface area contributed by atoms with Gasteiger partial charge in [-0.15, -0.1) is 0 Å². The lowest BCUT2D eigenvalue weighted by Crippen LogP contribution is -2.35. The molecule has 2 rings (SSSR count). The molecule has 112 valence electrons. The first-order valence-electron chi connectivity index (χ1n) is 5.84. The number of halogens is 3. The Kier molecular flexibility index (Phi) is 3.76. The van der Waals surface area contributed by atoms with Crippen molar-refractivity contribution < 1.29 is 21.6 Å². The van der Waals surface area contributed by atoms with Crippen LogP contribution in [0.5, 0.6) is 0 Å². The third-order valence-corrected chi connectivity index (χ3v) is 4.67. The Hall–Kier alpha value is -1.58. The van der Waals surface area contributed by atoms with Crippen LogP contribution in [0, 0.1) is 0 Å². The van der Waals surface area contributed by atoms with Crippen molar-refractivity contribution in [1.29, 1.82) is 0 Å². The van der Waals surface area contributed by atoms with Gasteiger partial charge in [0.25, 0.3) is 0 Å². The number of nitrogens with one attached hydrogen (secondary N) is 1. The van der Waals surface area contributed by atoms with Crippen molar-refractivity contribution in [2.45, 2.75) is 25.1 Å². The van der Waals surface area contributed by atoms with Crippen LogP contribution < -0.4 is 11.1 Å². The molecule has 0 saturated carbocycles. The highest BCUT2D eigenvalue weighted by atomic mass is 32.2. The van der Waals surface area contributed by atoms with E-state index in [0.29, 0.717) is 12.8 Å². The Morgan fingerprint density at radius 2 is 2.05 bits per heavy atom. The summed E-state index contributed by atoms with van der Waals surface area (Å²) in [7, 11) is -3.16. The van der Waals surface area contributed by atoms with Gasteiger partial charge in [-0.25, -0.2) is 13.4 Å². The molecule has 3 N–H and O–H groups in total. The minimum absolute atomic E-state index is 0.102. The number of aromatic nitrogens is 2. The number of nitrogens with zero attached hydrogens (tertiary/aromatic N) is 2. The summed E-state index contributed by atoms with van der Waals surface area (Å²) < 4.78 is 60.7. The van der Waals surface area contributed by atoms with E-state index in [1.54, 1.807) is 0 Å². The molecule has 0 aliphatic carbocycles. The van der Waals surface area contributed by atoms with E-state index in [-0.39, 0.29) is 17.3 Å². The molecule has 1 fully saturated rings. The molecule has 1 unspecified atom stereocenters. The highest BCUT2D eigenvalue weighted by Crippen LogP contribution is 2.29. The van der Waals surface area contributed by atoms with Crippen LogP contribution in [0.4, 0.5) is 24.9 Å². The minimum atomic E-state index is -4.63. The highest BCUT2D eigenvalue weighted by molar-refractivity contribution is 7.91. The maximum absolute atomic E-state index is 12.6. The normalized spacial score (nSPS) is 22.4. The van der Waals surface area contributed by atoms with E-state index >= 15 is 0 Å².